The number of anilines is 1. The van der Waals surface area contributed by atoms with Crippen molar-refractivity contribution in [1.82, 2.24) is 10.2 Å². The summed E-state index contributed by atoms with van der Waals surface area (Å²) in [6.07, 6.45) is -0.529. The Hall–Kier alpha value is -1.93. The van der Waals surface area contributed by atoms with Gasteiger partial charge in [-0.1, -0.05) is 52.6 Å². The van der Waals surface area contributed by atoms with Gasteiger partial charge in [0, 0.05) is 15.7 Å². The first-order chi connectivity index (χ1) is 13.8. The number of nitrogens with one attached hydrogen (secondary N) is 1. The number of rotatable bonds is 7. The Morgan fingerprint density at radius 1 is 1.21 bits per heavy atom. The molecule has 2 aromatic carbocycles. The van der Waals surface area contributed by atoms with Crippen LogP contribution in [-0.2, 0) is 4.79 Å². The third kappa shape index (κ3) is 5.79. The molecule has 3 rings (SSSR count). The molecule has 0 saturated carbocycles. The number of thioether (sulfide) groups is 1. The van der Waals surface area contributed by atoms with Gasteiger partial charge in [-0.25, -0.2) is 0 Å². The lowest BCUT2D eigenvalue weighted by Gasteiger charge is -2.12. The molecule has 3 aromatic rings. The molecule has 0 spiro atoms. The maximum atomic E-state index is 12.2. The van der Waals surface area contributed by atoms with Gasteiger partial charge in [0.25, 0.3) is 11.1 Å². The molecular weight excluding hydrogens is 457 g/mol. The highest BCUT2D eigenvalue weighted by Crippen LogP contribution is 2.31. The molecule has 6 nitrogen and oxygen atoms in total. The molecule has 0 fully saturated rings. The van der Waals surface area contributed by atoms with E-state index in [4.69, 9.17) is 44.0 Å². The summed E-state index contributed by atoms with van der Waals surface area (Å²) in [5, 5.41) is 12.5. The van der Waals surface area contributed by atoms with Gasteiger partial charge in [-0.3, -0.25) is 4.79 Å². The first kappa shape index (κ1) is 21.8. The highest BCUT2D eigenvalue weighted by molar-refractivity contribution is 7.99. The van der Waals surface area contributed by atoms with Crippen molar-refractivity contribution in [2.24, 2.45) is 0 Å². The fourth-order valence-corrected chi connectivity index (χ4v) is 3.51. The molecule has 0 radical (unpaired) electrons. The molecule has 1 N–H and O–H groups in total. The zero-order valence-electron chi connectivity index (χ0n) is 15.4. The number of hydrogen-bond acceptors (Lipinski definition) is 6. The molecule has 0 bridgehead atoms. The van der Waals surface area contributed by atoms with Crippen LogP contribution in [0, 0.1) is 6.92 Å². The second kappa shape index (κ2) is 9.71. The second-order valence-corrected chi connectivity index (χ2v) is 8.17. The number of amides is 1. The van der Waals surface area contributed by atoms with E-state index in [1.165, 1.54) is 0 Å². The molecule has 0 aliphatic carbocycles. The van der Waals surface area contributed by atoms with E-state index in [-0.39, 0.29) is 22.8 Å². The van der Waals surface area contributed by atoms with Crippen molar-refractivity contribution in [3.63, 3.8) is 0 Å². The van der Waals surface area contributed by atoms with Crippen molar-refractivity contribution >= 4 is 58.2 Å². The van der Waals surface area contributed by atoms with Gasteiger partial charge < -0.3 is 14.5 Å². The third-order valence-corrected chi connectivity index (χ3v) is 5.59. The minimum absolute atomic E-state index is 0.103. The lowest BCUT2D eigenvalue weighted by Crippen LogP contribution is -2.14. The van der Waals surface area contributed by atoms with E-state index in [9.17, 15) is 4.79 Å². The fourth-order valence-electron chi connectivity index (χ4n) is 2.31. The van der Waals surface area contributed by atoms with E-state index in [1.807, 2.05) is 6.92 Å². The van der Waals surface area contributed by atoms with Crippen molar-refractivity contribution in [3.05, 3.63) is 62.9 Å². The van der Waals surface area contributed by atoms with Gasteiger partial charge in [-0.2, -0.15) is 0 Å². The Bertz CT molecular complexity index is 1030. The predicted octanol–water partition coefficient (Wildman–Crippen LogP) is 6.21. The van der Waals surface area contributed by atoms with E-state index in [0.717, 1.165) is 17.3 Å². The molecule has 29 heavy (non-hydrogen) atoms. The van der Waals surface area contributed by atoms with Gasteiger partial charge in [-0.05, 0) is 49.7 Å². The van der Waals surface area contributed by atoms with Crippen LogP contribution in [0.25, 0.3) is 0 Å². The SMILES string of the molecule is Cc1c(Cl)cccc1NC(=O)CSc1nnc([C@H](C)Oc2ccc(Cl)cc2Cl)o1. The summed E-state index contributed by atoms with van der Waals surface area (Å²) in [5.41, 5.74) is 1.47. The van der Waals surface area contributed by atoms with Crippen LogP contribution in [0.2, 0.25) is 15.1 Å². The number of benzene rings is 2. The third-order valence-electron chi connectivity index (χ3n) is 3.84. The van der Waals surface area contributed by atoms with E-state index in [2.05, 4.69) is 15.5 Å². The van der Waals surface area contributed by atoms with Crippen molar-refractivity contribution in [2.45, 2.75) is 25.2 Å². The van der Waals surface area contributed by atoms with Crippen molar-refractivity contribution < 1.29 is 13.9 Å². The first-order valence-corrected chi connectivity index (χ1v) is 10.6. The average molecular weight is 473 g/mol. The zero-order chi connectivity index (χ0) is 21.0. The topological polar surface area (TPSA) is 77.2 Å². The standard InChI is InChI=1S/C19H16Cl3N3O3S/c1-10-13(21)4-3-5-15(10)23-17(26)9-29-19-25-24-18(28-19)11(2)27-16-7-6-12(20)8-14(16)22/h3-8,11H,9H2,1-2H3,(H,23,26)/t11-/m0/s1. The van der Waals surface area contributed by atoms with Crippen LogP contribution in [0.1, 0.15) is 24.5 Å². The maximum Gasteiger partial charge on any atom is 0.277 e. The number of halogens is 3. The molecule has 1 heterocycles. The smallest absolute Gasteiger partial charge is 0.277 e. The Labute approximate surface area is 186 Å². The van der Waals surface area contributed by atoms with E-state index >= 15 is 0 Å². The van der Waals surface area contributed by atoms with Crippen molar-refractivity contribution in [2.75, 3.05) is 11.1 Å². The van der Waals surface area contributed by atoms with Crippen LogP contribution >= 0.6 is 46.6 Å². The van der Waals surface area contributed by atoms with E-state index in [1.54, 1.807) is 43.3 Å². The lowest BCUT2D eigenvalue weighted by molar-refractivity contribution is -0.113. The molecule has 1 aromatic heterocycles. The van der Waals surface area contributed by atoms with Crippen LogP contribution in [-0.4, -0.2) is 21.9 Å². The van der Waals surface area contributed by atoms with Crippen LogP contribution < -0.4 is 10.1 Å². The normalized spacial score (nSPS) is 11.9. The van der Waals surface area contributed by atoms with Crippen LogP contribution in [0.4, 0.5) is 5.69 Å². The Morgan fingerprint density at radius 2 is 2.00 bits per heavy atom. The number of carbonyl (C=O) groups is 1. The lowest BCUT2D eigenvalue weighted by atomic mass is 10.2. The Kier molecular flexibility index (Phi) is 7.29. The minimum atomic E-state index is -0.529. The molecule has 0 aliphatic heterocycles. The van der Waals surface area contributed by atoms with Crippen LogP contribution in [0.5, 0.6) is 5.75 Å². The first-order valence-electron chi connectivity index (χ1n) is 8.46. The zero-order valence-corrected chi connectivity index (χ0v) is 18.5. The fraction of sp³-hybridized carbons (Fsp3) is 0.211. The van der Waals surface area contributed by atoms with E-state index in [0.29, 0.717) is 26.5 Å². The molecule has 1 amide bonds. The summed E-state index contributed by atoms with van der Waals surface area (Å²) in [4.78, 5) is 12.2. The summed E-state index contributed by atoms with van der Waals surface area (Å²) in [6.45, 7) is 3.59. The number of hydrogen-bond donors (Lipinski definition) is 1. The maximum absolute atomic E-state index is 12.2. The van der Waals surface area contributed by atoms with E-state index < -0.39 is 6.10 Å². The molecule has 152 valence electrons. The van der Waals surface area contributed by atoms with Gasteiger partial charge in [0.1, 0.15) is 5.75 Å². The number of nitrogens with zero attached hydrogens (tertiary/aromatic N) is 2. The van der Waals surface area contributed by atoms with Gasteiger partial charge in [-0.15, -0.1) is 10.2 Å². The predicted molar refractivity (Wildman–Crippen MR) is 115 cm³/mol. The largest absolute Gasteiger partial charge is 0.479 e. The molecule has 0 saturated heterocycles. The summed E-state index contributed by atoms with van der Waals surface area (Å²) in [6, 6.07) is 10.2. The monoisotopic (exact) mass is 471 g/mol. The van der Waals surface area contributed by atoms with Gasteiger partial charge in [0.2, 0.25) is 5.91 Å². The number of ether oxygens (including phenoxy) is 1. The highest BCUT2D eigenvalue weighted by atomic mass is 35.5. The summed E-state index contributed by atoms with van der Waals surface area (Å²) < 4.78 is 11.3. The summed E-state index contributed by atoms with van der Waals surface area (Å²) in [5.74, 6) is 0.612. The van der Waals surface area contributed by atoms with Crippen molar-refractivity contribution in [1.29, 1.82) is 0 Å². The quantitative estimate of drug-likeness (QED) is 0.412. The van der Waals surface area contributed by atoms with Gasteiger partial charge in [0.15, 0.2) is 6.10 Å². The number of carbonyl (C=O) groups excluding carboxylic acids is 1. The van der Waals surface area contributed by atoms with Gasteiger partial charge in [0.05, 0.1) is 10.8 Å². The van der Waals surface area contributed by atoms with Crippen LogP contribution in [0.15, 0.2) is 46.0 Å². The van der Waals surface area contributed by atoms with Gasteiger partial charge >= 0.3 is 0 Å². The molecule has 0 aliphatic rings. The Morgan fingerprint density at radius 3 is 2.76 bits per heavy atom. The summed E-state index contributed by atoms with van der Waals surface area (Å²) in [7, 11) is 0. The second-order valence-electron chi connectivity index (χ2n) is 5.99. The molecule has 10 heteroatoms. The van der Waals surface area contributed by atoms with Crippen LogP contribution in [0.3, 0.4) is 0 Å². The minimum Gasteiger partial charge on any atom is -0.479 e. The average Bonchev–Trinajstić information content (AvgIpc) is 3.15. The van der Waals surface area contributed by atoms with Crippen molar-refractivity contribution in [3.8, 4) is 5.75 Å². The Balaban J connectivity index is 1.55. The molecular formula is C19H16Cl3N3O3S. The highest BCUT2D eigenvalue weighted by Gasteiger charge is 2.18. The number of aromatic nitrogens is 2. The summed E-state index contributed by atoms with van der Waals surface area (Å²) >= 11 is 19.2. The molecule has 1 atom stereocenters. The molecule has 0 unspecified atom stereocenters.